The molecule has 2 rings (SSSR count). The fraction of sp³-hybridized carbons (Fsp3) is 0.312. The predicted molar refractivity (Wildman–Crippen MR) is 81.6 cm³/mol. The van der Waals surface area contributed by atoms with E-state index in [4.69, 9.17) is 16.3 Å². The van der Waals surface area contributed by atoms with Gasteiger partial charge >= 0.3 is 0 Å². The number of aromatic nitrogens is 1. The van der Waals surface area contributed by atoms with E-state index in [1.807, 2.05) is 36.5 Å². The zero-order chi connectivity index (χ0) is 14.2. The molecular weight excluding hydrogens is 272 g/mol. The lowest BCUT2D eigenvalue weighted by Crippen LogP contribution is -2.12. The van der Waals surface area contributed by atoms with Gasteiger partial charge in [0.05, 0.1) is 18.9 Å². The predicted octanol–water partition coefficient (Wildman–Crippen LogP) is 3.56. The molecule has 1 N–H and O–H groups in total. The first-order chi connectivity index (χ1) is 9.79. The van der Waals surface area contributed by atoms with Crippen molar-refractivity contribution < 1.29 is 4.74 Å². The minimum atomic E-state index is 0.493. The molecule has 1 aromatic heterocycles. The van der Waals surface area contributed by atoms with Crippen LogP contribution in [0.4, 0.5) is 0 Å². The summed E-state index contributed by atoms with van der Waals surface area (Å²) in [6, 6.07) is 11.8. The van der Waals surface area contributed by atoms with Gasteiger partial charge in [-0.3, -0.25) is 4.98 Å². The molecule has 1 heterocycles. The monoisotopic (exact) mass is 290 g/mol. The maximum Gasteiger partial charge on any atom is 0.0892 e. The Kier molecular flexibility index (Phi) is 5.99. The van der Waals surface area contributed by atoms with E-state index in [0.29, 0.717) is 13.2 Å². The molecule has 0 aliphatic rings. The van der Waals surface area contributed by atoms with Crippen molar-refractivity contribution in [3.8, 4) is 0 Å². The molecule has 0 aliphatic heterocycles. The summed E-state index contributed by atoms with van der Waals surface area (Å²) in [5.41, 5.74) is 3.11. The highest BCUT2D eigenvalue weighted by Gasteiger charge is 2.00. The summed E-state index contributed by atoms with van der Waals surface area (Å²) >= 11 is 6.07. The number of nitrogens with zero attached hydrogens (tertiary/aromatic N) is 1. The lowest BCUT2D eigenvalue weighted by molar-refractivity contribution is 0.104. The zero-order valence-corrected chi connectivity index (χ0v) is 12.4. The largest absolute Gasteiger partial charge is 0.370 e. The van der Waals surface area contributed by atoms with Gasteiger partial charge in [-0.1, -0.05) is 42.8 Å². The topological polar surface area (TPSA) is 34.1 Å². The third kappa shape index (κ3) is 4.60. The highest BCUT2D eigenvalue weighted by Crippen LogP contribution is 2.16. The number of halogens is 1. The fourth-order valence-corrected chi connectivity index (χ4v) is 1.99. The van der Waals surface area contributed by atoms with E-state index in [1.54, 1.807) is 0 Å². The van der Waals surface area contributed by atoms with Gasteiger partial charge in [0.25, 0.3) is 0 Å². The molecule has 0 spiro atoms. The average Bonchev–Trinajstić information content (AvgIpc) is 2.48. The van der Waals surface area contributed by atoms with Gasteiger partial charge in [0.2, 0.25) is 0 Å². The third-order valence-corrected chi connectivity index (χ3v) is 3.30. The van der Waals surface area contributed by atoms with Gasteiger partial charge in [-0.05, 0) is 29.8 Å². The molecule has 0 saturated carbocycles. The first-order valence-electron chi connectivity index (χ1n) is 6.75. The summed E-state index contributed by atoms with van der Waals surface area (Å²) in [6.07, 6.45) is 1.89. The molecule has 0 atom stereocenters. The number of benzene rings is 1. The van der Waals surface area contributed by atoms with Crippen LogP contribution < -0.4 is 5.32 Å². The third-order valence-electron chi connectivity index (χ3n) is 2.93. The van der Waals surface area contributed by atoms with Crippen LogP contribution in [-0.2, 0) is 24.5 Å². The summed E-state index contributed by atoms with van der Waals surface area (Å²) in [5, 5.41) is 4.01. The van der Waals surface area contributed by atoms with Crippen LogP contribution in [-0.4, -0.2) is 11.5 Å². The Morgan fingerprint density at radius 2 is 2.00 bits per heavy atom. The van der Waals surface area contributed by atoms with E-state index in [0.717, 1.165) is 29.4 Å². The van der Waals surface area contributed by atoms with Crippen LogP contribution in [0.25, 0.3) is 0 Å². The van der Waals surface area contributed by atoms with Gasteiger partial charge < -0.3 is 10.1 Å². The minimum Gasteiger partial charge on any atom is -0.370 e. The normalized spacial score (nSPS) is 10.7. The highest BCUT2D eigenvalue weighted by atomic mass is 35.5. The second-order valence-corrected chi connectivity index (χ2v) is 4.93. The number of ether oxygens (including phenoxy) is 1. The van der Waals surface area contributed by atoms with Gasteiger partial charge in [0.1, 0.15) is 0 Å². The smallest absolute Gasteiger partial charge is 0.0892 e. The van der Waals surface area contributed by atoms with Gasteiger partial charge in [-0.2, -0.15) is 0 Å². The molecule has 2 aromatic rings. The molecule has 1 aromatic carbocycles. The Bertz CT molecular complexity index is 528. The van der Waals surface area contributed by atoms with Crippen molar-refractivity contribution in [1.29, 1.82) is 0 Å². The van der Waals surface area contributed by atoms with E-state index in [2.05, 4.69) is 23.3 Å². The van der Waals surface area contributed by atoms with Crippen LogP contribution >= 0.6 is 11.6 Å². The fourth-order valence-electron chi connectivity index (χ4n) is 1.80. The van der Waals surface area contributed by atoms with Crippen molar-refractivity contribution in [1.82, 2.24) is 10.3 Å². The first kappa shape index (κ1) is 15.0. The van der Waals surface area contributed by atoms with Crippen molar-refractivity contribution in [3.63, 3.8) is 0 Å². The zero-order valence-electron chi connectivity index (χ0n) is 11.6. The Balaban J connectivity index is 1.81. The van der Waals surface area contributed by atoms with Crippen molar-refractivity contribution in [2.24, 2.45) is 0 Å². The van der Waals surface area contributed by atoms with E-state index in [9.17, 15) is 0 Å². The quantitative estimate of drug-likeness (QED) is 0.846. The van der Waals surface area contributed by atoms with Crippen LogP contribution in [0, 0.1) is 0 Å². The number of pyridine rings is 1. The van der Waals surface area contributed by atoms with E-state index < -0.39 is 0 Å². The van der Waals surface area contributed by atoms with Crippen LogP contribution in [0.15, 0.2) is 42.6 Å². The average molecular weight is 291 g/mol. The SMILES string of the molecule is CCNCc1ccc(COCc2ccccc2Cl)nc1. The molecule has 20 heavy (non-hydrogen) atoms. The maximum absolute atomic E-state index is 6.07. The molecule has 0 radical (unpaired) electrons. The summed E-state index contributed by atoms with van der Waals surface area (Å²) in [5.74, 6) is 0. The summed E-state index contributed by atoms with van der Waals surface area (Å²) in [7, 11) is 0. The van der Waals surface area contributed by atoms with Gasteiger partial charge in [-0.15, -0.1) is 0 Å². The Morgan fingerprint density at radius 3 is 2.70 bits per heavy atom. The number of nitrogens with one attached hydrogen (secondary N) is 1. The second kappa shape index (κ2) is 8.00. The minimum absolute atomic E-state index is 0.493. The first-order valence-corrected chi connectivity index (χ1v) is 7.13. The summed E-state index contributed by atoms with van der Waals surface area (Å²) in [6.45, 7) is 4.89. The van der Waals surface area contributed by atoms with Gasteiger partial charge in [-0.25, -0.2) is 0 Å². The second-order valence-electron chi connectivity index (χ2n) is 4.52. The molecule has 0 aliphatic carbocycles. The van der Waals surface area contributed by atoms with E-state index in [1.165, 1.54) is 5.56 Å². The molecule has 4 heteroatoms. The van der Waals surface area contributed by atoms with Crippen molar-refractivity contribution >= 4 is 11.6 Å². The number of hydrogen-bond acceptors (Lipinski definition) is 3. The molecule has 0 bridgehead atoms. The van der Waals surface area contributed by atoms with Crippen molar-refractivity contribution in [3.05, 3.63) is 64.4 Å². The molecule has 3 nitrogen and oxygen atoms in total. The Morgan fingerprint density at radius 1 is 1.15 bits per heavy atom. The Labute approximate surface area is 124 Å². The molecule has 0 fully saturated rings. The standard InChI is InChI=1S/C16H19ClN2O/c1-2-18-9-13-7-8-15(19-10-13)12-20-11-14-5-3-4-6-16(14)17/h3-8,10,18H,2,9,11-12H2,1H3. The summed E-state index contributed by atoms with van der Waals surface area (Å²) in [4.78, 5) is 4.39. The number of hydrogen-bond donors (Lipinski definition) is 1. The lowest BCUT2D eigenvalue weighted by Gasteiger charge is -2.07. The van der Waals surface area contributed by atoms with Crippen LogP contribution in [0.5, 0.6) is 0 Å². The van der Waals surface area contributed by atoms with Gasteiger partial charge in [0, 0.05) is 17.8 Å². The van der Waals surface area contributed by atoms with Crippen LogP contribution in [0.2, 0.25) is 5.02 Å². The van der Waals surface area contributed by atoms with E-state index >= 15 is 0 Å². The lowest BCUT2D eigenvalue weighted by atomic mass is 10.2. The number of rotatable bonds is 7. The molecule has 0 amide bonds. The van der Waals surface area contributed by atoms with Gasteiger partial charge in [0.15, 0.2) is 0 Å². The van der Waals surface area contributed by atoms with Crippen molar-refractivity contribution in [2.75, 3.05) is 6.54 Å². The van der Waals surface area contributed by atoms with E-state index in [-0.39, 0.29) is 0 Å². The summed E-state index contributed by atoms with van der Waals surface area (Å²) < 4.78 is 5.65. The molecule has 0 unspecified atom stereocenters. The Hall–Kier alpha value is -1.42. The highest BCUT2D eigenvalue weighted by molar-refractivity contribution is 6.31. The molecular formula is C16H19ClN2O. The molecule has 106 valence electrons. The van der Waals surface area contributed by atoms with Crippen LogP contribution in [0.3, 0.4) is 0 Å². The molecule has 0 saturated heterocycles. The van der Waals surface area contributed by atoms with Crippen LogP contribution in [0.1, 0.15) is 23.7 Å². The maximum atomic E-state index is 6.07. The van der Waals surface area contributed by atoms with Crippen molar-refractivity contribution in [2.45, 2.75) is 26.7 Å².